The summed E-state index contributed by atoms with van der Waals surface area (Å²) in [4.78, 5) is 14.1. The summed E-state index contributed by atoms with van der Waals surface area (Å²) in [6.45, 7) is 0. The zero-order valence-electron chi connectivity index (χ0n) is 9.39. The fourth-order valence-corrected chi connectivity index (χ4v) is 2.16. The highest BCUT2D eigenvalue weighted by molar-refractivity contribution is 14.1. The van der Waals surface area contributed by atoms with E-state index in [-0.39, 0.29) is 0 Å². The maximum Gasteiger partial charge on any atom is 0.433 e. The number of rotatable bonds is 3. The zero-order chi connectivity index (χ0) is 14.8. The molecule has 0 unspecified atom stereocenters. The van der Waals surface area contributed by atoms with Crippen LogP contribution in [0.5, 0.6) is 0 Å². The van der Waals surface area contributed by atoms with Crippen molar-refractivity contribution in [1.29, 1.82) is 0 Å². The molecule has 0 amide bonds. The van der Waals surface area contributed by atoms with Crippen LogP contribution in [0.2, 0.25) is 0 Å². The van der Waals surface area contributed by atoms with Gasteiger partial charge in [0, 0.05) is 0 Å². The van der Waals surface area contributed by atoms with Gasteiger partial charge in [0.05, 0.1) is 19.1 Å². The number of carbonyl (C=O) groups is 1. The molecular weight excluding hydrogens is 388 g/mol. The fourth-order valence-electron chi connectivity index (χ4n) is 1.32. The Kier molecular flexibility index (Phi) is 5.04. The topological polar surface area (TPSA) is 39.2 Å². The molecule has 0 aliphatic carbocycles. The first kappa shape index (κ1) is 16.1. The summed E-state index contributed by atoms with van der Waals surface area (Å²) in [5.41, 5.74) is -2.44. The molecule has 106 valence electrons. The maximum atomic E-state index is 12.8. The molecule has 9 heteroatoms. The minimum atomic E-state index is -4.77. The molecule has 0 atom stereocenters. The minimum absolute atomic E-state index is 0.437. The van der Waals surface area contributed by atoms with Crippen molar-refractivity contribution in [2.45, 2.75) is 19.0 Å². The first-order chi connectivity index (χ1) is 8.66. The molecular formula is C10H7F5INO2. The molecule has 0 saturated heterocycles. The second-order valence-corrected chi connectivity index (χ2v) is 4.44. The Balaban J connectivity index is 3.37. The third-order valence-corrected chi connectivity index (χ3v) is 2.99. The van der Waals surface area contributed by atoms with Gasteiger partial charge in [0.25, 0.3) is 6.43 Å². The average molecular weight is 395 g/mol. The lowest BCUT2D eigenvalue weighted by Crippen LogP contribution is -2.15. The zero-order valence-corrected chi connectivity index (χ0v) is 11.6. The van der Waals surface area contributed by atoms with Gasteiger partial charge in [0.15, 0.2) is 0 Å². The number of hydrogen-bond acceptors (Lipinski definition) is 3. The van der Waals surface area contributed by atoms with Crippen molar-refractivity contribution in [3.05, 3.63) is 26.6 Å². The second kappa shape index (κ2) is 5.97. The van der Waals surface area contributed by atoms with E-state index in [9.17, 15) is 26.7 Å². The smallest absolute Gasteiger partial charge is 0.433 e. The predicted octanol–water partition coefficient (Wildman–Crippen LogP) is 3.36. The van der Waals surface area contributed by atoms with Crippen LogP contribution in [0.15, 0.2) is 6.07 Å². The molecule has 1 aromatic heterocycles. The molecule has 0 aliphatic heterocycles. The van der Waals surface area contributed by atoms with Crippen molar-refractivity contribution < 1.29 is 31.5 Å². The van der Waals surface area contributed by atoms with Crippen LogP contribution in [0, 0.1) is 3.70 Å². The number of pyridine rings is 1. The van der Waals surface area contributed by atoms with E-state index >= 15 is 0 Å². The number of nitrogens with zero attached hydrogens (tertiary/aromatic N) is 1. The number of hydrogen-bond donors (Lipinski definition) is 0. The summed E-state index contributed by atoms with van der Waals surface area (Å²) in [6, 6.07) is 0.445. The van der Waals surface area contributed by atoms with Crippen molar-refractivity contribution in [2.75, 3.05) is 7.11 Å². The summed E-state index contributed by atoms with van der Waals surface area (Å²) < 4.78 is 67.0. The van der Waals surface area contributed by atoms with Crippen LogP contribution in [0.25, 0.3) is 0 Å². The van der Waals surface area contributed by atoms with Crippen LogP contribution in [0.1, 0.15) is 23.2 Å². The van der Waals surface area contributed by atoms with E-state index in [2.05, 4.69) is 9.72 Å². The van der Waals surface area contributed by atoms with Crippen LogP contribution in [0.4, 0.5) is 22.0 Å². The SMILES string of the molecule is COC(=O)Cc1cc(C(F)(F)F)nc(I)c1C(F)F. The molecule has 0 aliphatic rings. The van der Waals surface area contributed by atoms with E-state index in [0.29, 0.717) is 6.07 Å². The normalized spacial score (nSPS) is 11.8. The number of carbonyl (C=O) groups excluding carboxylic acids is 1. The number of ether oxygens (including phenoxy) is 1. The number of alkyl halides is 5. The van der Waals surface area contributed by atoms with Gasteiger partial charge in [0.2, 0.25) is 0 Å². The summed E-state index contributed by atoms with van der Waals surface area (Å²) in [7, 11) is 1.02. The molecule has 1 rings (SSSR count). The van der Waals surface area contributed by atoms with Gasteiger partial charge in [-0.3, -0.25) is 4.79 Å². The fraction of sp³-hybridized carbons (Fsp3) is 0.400. The Morgan fingerprint density at radius 3 is 2.47 bits per heavy atom. The predicted molar refractivity (Wildman–Crippen MR) is 62.6 cm³/mol. The molecule has 0 saturated carbocycles. The van der Waals surface area contributed by atoms with E-state index < -0.39 is 45.5 Å². The summed E-state index contributed by atoms with van der Waals surface area (Å²) >= 11 is 1.28. The van der Waals surface area contributed by atoms with E-state index in [4.69, 9.17) is 0 Å². The molecule has 0 spiro atoms. The van der Waals surface area contributed by atoms with Crippen LogP contribution in [0.3, 0.4) is 0 Å². The van der Waals surface area contributed by atoms with Crippen LogP contribution >= 0.6 is 22.6 Å². The monoisotopic (exact) mass is 395 g/mol. The van der Waals surface area contributed by atoms with Gasteiger partial charge in [-0.1, -0.05) is 0 Å². The van der Waals surface area contributed by atoms with Crippen molar-refractivity contribution in [1.82, 2.24) is 4.98 Å². The summed E-state index contributed by atoms with van der Waals surface area (Å²) in [5.74, 6) is -0.906. The van der Waals surface area contributed by atoms with E-state index in [0.717, 1.165) is 7.11 Å². The Hall–Kier alpha value is -1.00. The lowest BCUT2D eigenvalue weighted by molar-refractivity contribution is -0.142. The third-order valence-electron chi connectivity index (χ3n) is 2.17. The Morgan fingerprint density at radius 1 is 1.47 bits per heavy atom. The van der Waals surface area contributed by atoms with Gasteiger partial charge in [-0.2, -0.15) is 13.2 Å². The van der Waals surface area contributed by atoms with Crippen LogP contribution < -0.4 is 0 Å². The molecule has 19 heavy (non-hydrogen) atoms. The number of halogens is 6. The quantitative estimate of drug-likeness (QED) is 0.341. The van der Waals surface area contributed by atoms with Gasteiger partial charge in [0.1, 0.15) is 9.39 Å². The van der Waals surface area contributed by atoms with Gasteiger partial charge in [-0.25, -0.2) is 13.8 Å². The van der Waals surface area contributed by atoms with E-state index in [1.54, 1.807) is 0 Å². The second-order valence-electron chi connectivity index (χ2n) is 3.42. The molecule has 3 nitrogen and oxygen atoms in total. The highest BCUT2D eigenvalue weighted by atomic mass is 127. The Labute approximate surface area is 118 Å². The highest BCUT2D eigenvalue weighted by Crippen LogP contribution is 2.34. The van der Waals surface area contributed by atoms with E-state index in [1.807, 2.05) is 0 Å². The molecule has 1 aromatic rings. The maximum absolute atomic E-state index is 12.8. The lowest BCUT2D eigenvalue weighted by atomic mass is 10.1. The molecule has 0 aromatic carbocycles. The largest absolute Gasteiger partial charge is 0.469 e. The van der Waals surface area contributed by atoms with Crippen molar-refractivity contribution in [2.24, 2.45) is 0 Å². The van der Waals surface area contributed by atoms with Gasteiger partial charge in [-0.15, -0.1) is 0 Å². The standard InChI is InChI=1S/C10H7F5INO2/c1-19-6(18)3-4-2-5(10(13,14)15)17-9(16)7(4)8(11)12/h2,8H,3H2,1H3. The van der Waals surface area contributed by atoms with Crippen LogP contribution in [-0.4, -0.2) is 18.1 Å². The van der Waals surface area contributed by atoms with Crippen LogP contribution in [-0.2, 0) is 22.1 Å². The average Bonchev–Trinajstić information content (AvgIpc) is 2.26. The third kappa shape index (κ3) is 3.98. The highest BCUT2D eigenvalue weighted by Gasteiger charge is 2.35. The van der Waals surface area contributed by atoms with E-state index in [1.165, 1.54) is 22.6 Å². The minimum Gasteiger partial charge on any atom is -0.469 e. The van der Waals surface area contributed by atoms with Gasteiger partial charge < -0.3 is 4.74 Å². The Bertz CT molecular complexity index is 490. The lowest BCUT2D eigenvalue weighted by Gasteiger charge is -2.13. The number of aromatic nitrogens is 1. The van der Waals surface area contributed by atoms with Crippen molar-refractivity contribution >= 4 is 28.6 Å². The molecule has 0 bridgehead atoms. The molecule has 0 N–H and O–H groups in total. The summed E-state index contributed by atoms with van der Waals surface area (Å²) in [6.07, 6.45) is -8.47. The molecule has 0 fully saturated rings. The summed E-state index contributed by atoms with van der Waals surface area (Å²) in [5, 5.41) is 0. The first-order valence-corrected chi connectivity index (χ1v) is 5.86. The van der Waals surface area contributed by atoms with Crippen molar-refractivity contribution in [3.8, 4) is 0 Å². The Morgan fingerprint density at radius 2 is 2.05 bits per heavy atom. The van der Waals surface area contributed by atoms with Crippen molar-refractivity contribution in [3.63, 3.8) is 0 Å². The first-order valence-electron chi connectivity index (χ1n) is 4.78. The number of methoxy groups -OCH3 is 1. The molecule has 0 radical (unpaired) electrons. The number of esters is 1. The molecule has 1 heterocycles. The van der Waals surface area contributed by atoms with Gasteiger partial charge >= 0.3 is 12.1 Å². The van der Waals surface area contributed by atoms with Gasteiger partial charge in [-0.05, 0) is 34.2 Å².